The highest BCUT2D eigenvalue weighted by molar-refractivity contribution is 9.10. The fourth-order valence-corrected chi connectivity index (χ4v) is 2.48. The van der Waals surface area contributed by atoms with Gasteiger partial charge in [-0.1, -0.05) is 34.1 Å². The van der Waals surface area contributed by atoms with Gasteiger partial charge in [-0.15, -0.1) is 0 Å². The smallest absolute Gasteiger partial charge is 0.225 e. The van der Waals surface area contributed by atoms with Crippen LogP contribution >= 0.6 is 15.9 Å². The van der Waals surface area contributed by atoms with Crippen molar-refractivity contribution in [1.29, 1.82) is 0 Å². The predicted molar refractivity (Wildman–Crippen MR) is 73.4 cm³/mol. The van der Waals surface area contributed by atoms with Gasteiger partial charge in [-0.05, 0) is 11.6 Å². The molecule has 1 aromatic carbocycles. The molecule has 1 fully saturated rings. The molecule has 0 radical (unpaired) electrons. The van der Waals surface area contributed by atoms with E-state index >= 15 is 0 Å². The Labute approximate surface area is 119 Å². The zero-order chi connectivity index (χ0) is 13.9. The summed E-state index contributed by atoms with van der Waals surface area (Å²) in [6, 6.07) is 7.52. The van der Waals surface area contributed by atoms with Gasteiger partial charge >= 0.3 is 0 Å². The van der Waals surface area contributed by atoms with Crippen LogP contribution in [0.5, 0.6) is 0 Å². The van der Waals surface area contributed by atoms with Gasteiger partial charge in [0.15, 0.2) is 0 Å². The van der Waals surface area contributed by atoms with Gasteiger partial charge in [-0.25, -0.2) is 0 Å². The van der Waals surface area contributed by atoms with Gasteiger partial charge in [-0.2, -0.15) is 0 Å². The highest BCUT2D eigenvalue weighted by Crippen LogP contribution is 2.22. The Bertz CT molecular complexity index is 500. The summed E-state index contributed by atoms with van der Waals surface area (Å²) < 4.78 is 5.97. The Balaban J connectivity index is 1.97. The van der Waals surface area contributed by atoms with E-state index in [2.05, 4.69) is 21.2 Å². The Hall–Kier alpha value is -1.40. The molecule has 0 aromatic heterocycles. The normalized spacial score (nSPS) is 16.5. The summed E-state index contributed by atoms with van der Waals surface area (Å²) in [5.74, 6) is -0.582. The van der Waals surface area contributed by atoms with Crippen LogP contribution in [0.2, 0.25) is 0 Å². The Kier molecular flexibility index (Phi) is 4.21. The Morgan fingerprint density at radius 3 is 2.58 bits per heavy atom. The zero-order valence-corrected chi connectivity index (χ0v) is 11.9. The maximum Gasteiger partial charge on any atom is 0.225 e. The summed E-state index contributed by atoms with van der Waals surface area (Å²) in [5, 5.41) is 2.85. The van der Waals surface area contributed by atoms with E-state index in [4.69, 9.17) is 10.5 Å². The molecule has 2 amide bonds. The van der Waals surface area contributed by atoms with Crippen LogP contribution in [0.3, 0.4) is 0 Å². The number of hydrogen-bond donors (Lipinski definition) is 2. The van der Waals surface area contributed by atoms with Gasteiger partial charge < -0.3 is 15.8 Å². The summed E-state index contributed by atoms with van der Waals surface area (Å²) in [4.78, 5) is 23.0. The van der Waals surface area contributed by atoms with Crippen LogP contribution in [-0.4, -0.2) is 30.6 Å². The molecule has 1 aromatic rings. The van der Waals surface area contributed by atoms with E-state index in [9.17, 15) is 9.59 Å². The first-order chi connectivity index (χ1) is 9.01. The number of hydrogen-bond acceptors (Lipinski definition) is 3. The van der Waals surface area contributed by atoms with Crippen molar-refractivity contribution in [3.05, 3.63) is 34.3 Å². The molecule has 1 saturated heterocycles. The molecule has 1 aliphatic heterocycles. The van der Waals surface area contributed by atoms with Crippen molar-refractivity contribution in [2.75, 3.05) is 13.2 Å². The van der Waals surface area contributed by atoms with E-state index in [1.54, 1.807) is 0 Å². The fourth-order valence-electron chi connectivity index (χ4n) is 2.06. The second-order valence-electron chi connectivity index (χ2n) is 4.73. The molecule has 0 unspecified atom stereocenters. The highest BCUT2D eigenvalue weighted by Gasteiger charge is 2.41. The number of rotatable bonds is 5. The maximum atomic E-state index is 12.0. The molecule has 102 valence electrons. The number of carbonyl (C=O) groups excluding carboxylic acids is 2. The van der Waals surface area contributed by atoms with Crippen LogP contribution in [0.25, 0.3) is 0 Å². The number of amides is 2. The quantitative estimate of drug-likeness (QED) is 0.837. The second-order valence-corrected chi connectivity index (χ2v) is 5.59. The van der Waals surface area contributed by atoms with E-state index in [-0.39, 0.29) is 18.7 Å². The molecule has 2 rings (SSSR count). The first-order valence-electron chi connectivity index (χ1n) is 5.91. The second kappa shape index (κ2) is 5.71. The first kappa shape index (κ1) is 14.0. The van der Waals surface area contributed by atoms with Gasteiger partial charge in [0, 0.05) is 4.47 Å². The van der Waals surface area contributed by atoms with Crippen molar-refractivity contribution in [1.82, 2.24) is 5.32 Å². The van der Waals surface area contributed by atoms with Crippen molar-refractivity contribution in [2.24, 2.45) is 5.73 Å². The average Bonchev–Trinajstić information content (AvgIpc) is 2.28. The molecular weight excluding hydrogens is 312 g/mol. The van der Waals surface area contributed by atoms with E-state index in [0.29, 0.717) is 13.2 Å². The standard InChI is InChI=1S/C13H15BrN2O3/c14-10-4-2-1-3-9(10)5-12(18)16-13(6-11(15)17)7-19-8-13/h1-4H,5-8H2,(H2,15,17)(H,16,18). The molecule has 1 aliphatic rings. The number of primary amides is 1. The molecule has 0 atom stereocenters. The van der Waals surface area contributed by atoms with Gasteiger partial charge in [0.1, 0.15) is 0 Å². The van der Waals surface area contributed by atoms with Gasteiger partial charge in [0.25, 0.3) is 0 Å². The number of nitrogens with one attached hydrogen (secondary N) is 1. The average molecular weight is 327 g/mol. The van der Waals surface area contributed by atoms with E-state index < -0.39 is 11.4 Å². The van der Waals surface area contributed by atoms with Crippen molar-refractivity contribution in [3.63, 3.8) is 0 Å². The minimum atomic E-state index is -0.621. The van der Waals surface area contributed by atoms with E-state index in [1.165, 1.54) is 0 Å². The third kappa shape index (κ3) is 3.54. The molecule has 0 spiro atoms. The SMILES string of the molecule is NC(=O)CC1(NC(=O)Cc2ccccc2Br)COC1. The molecule has 1 heterocycles. The maximum absolute atomic E-state index is 12.0. The van der Waals surface area contributed by atoms with Crippen molar-refractivity contribution < 1.29 is 14.3 Å². The number of carbonyl (C=O) groups is 2. The van der Waals surface area contributed by atoms with Crippen LogP contribution in [0.1, 0.15) is 12.0 Å². The molecule has 0 saturated carbocycles. The van der Waals surface area contributed by atoms with Gasteiger partial charge in [0.05, 0.1) is 31.6 Å². The van der Waals surface area contributed by atoms with Crippen LogP contribution < -0.4 is 11.1 Å². The minimum Gasteiger partial charge on any atom is -0.376 e. The van der Waals surface area contributed by atoms with Gasteiger partial charge in [0.2, 0.25) is 11.8 Å². The van der Waals surface area contributed by atoms with E-state index in [1.807, 2.05) is 24.3 Å². The minimum absolute atomic E-state index is 0.106. The van der Waals surface area contributed by atoms with Crippen molar-refractivity contribution in [3.8, 4) is 0 Å². The Morgan fingerprint density at radius 1 is 1.37 bits per heavy atom. The molecule has 0 bridgehead atoms. The van der Waals surface area contributed by atoms with Crippen LogP contribution in [-0.2, 0) is 20.7 Å². The summed E-state index contributed by atoms with van der Waals surface area (Å²) in [5.41, 5.74) is 5.46. The van der Waals surface area contributed by atoms with Crippen LogP contribution in [0.4, 0.5) is 0 Å². The molecule has 3 N–H and O–H groups in total. The summed E-state index contributed by atoms with van der Waals surface area (Å²) >= 11 is 3.40. The summed E-state index contributed by atoms with van der Waals surface area (Å²) in [6.07, 6.45) is 0.358. The lowest BCUT2D eigenvalue weighted by molar-refractivity contribution is -0.138. The number of benzene rings is 1. The first-order valence-corrected chi connectivity index (χ1v) is 6.70. The predicted octanol–water partition coefficient (Wildman–Crippen LogP) is 0.752. The Morgan fingerprint density at radius 2 is 2.05 bits per heavy atom. The van der Waals surface area contributed by atoms with E-state index in [0.717, 1.165) is 10.0 Å². The molecule has 19 heavy (non-hydrogen) atoms. The van der Waals surface area contributed by atoms with Crippen LogP contribution in [0.15, 0.2) is 28.7 Å². The summed E-state index contributed by atoms with van der Waals surface area (Å²) in [7, 11) is 0. The third-order valence-corrected chi connectivity index (χ3v) is 3.76. The molecule has 6 heteroatoms. The fraction of sp³-hybridized carbons (Fsp3) is 0.385. The molecule has 5 nitrogen and oxygen atoms in total. The van der Waals surface area contributed by atoms with Crippen LogP contribution in [0, 0.1) is 0 Å². The van der Waals surface area contributed by atoms with Crippen molar-refractivity contribution >= 4 is 27.7 Å². The monoisotopic (exact) mass is 326 g/mol. The number of ether oxygens (including phenoxy) is 1. The van der Waals surface area contributed by atoms with Gasteiger partial charge in [-0.3, -0.25) is 9.59 Å². The lowest BCUT2D eigenvalue weighted by atomic mass is 9.92. The molecular formula is C13H15BrN2O3. The van der Waals surface area contributed by atoms with Crippen molar-refractivity contribution in [2.45, 2.75) is 18.4 Å². The lowest BCUT2D eigenvalue weighted by Crippen LogP contribution is -2.63. The largest absolute Gasteiger partial charge is 0.376 e. The number of nitrogens with two attached hydrogens (primary N) is 1. The lowest BCUT2D eigenvalue weighted by Gasteiger charge is -2.41. The molecule has 0 aliphatic carbocycles. The summed E-state index contributed by atoms with van der Waals surface area (Å²) in [6.45, 7) is 0.662. The third-order valence-electron chi connectivity index (χ3n) is 2.98. The highest BCUT2D eigenvalue weighted by atomic mass is 79.9. The zero-order valence-electron chi connectivity index (χ0n) is 10.3. The number of halogens is 1. The topological polar surface area (TPSA) is 81.4 Å².